The van der Waals surface area contributed by atoms with Crippen molar-refractivity contribution in [2.75, 3.05) is 18.9 Å². The number of para-hydroxylation sites is 1. The number of anilines is 1. The van der Waals surface area contributed by atoms with Crippen molar-refractivity contribution in [1.29, 1.82) is 0 Å². The van der Waals surface area contributed by atoms with Gasteiger partial charge in [0, 0.05) is 10.7 Å². The van der Waals surface area contributed by atoms with Gasteiger partial charge in [0.2, 0.25) is 0 Å². The van der Waals surface area contributed by atoms with Gasteiger partial charge in [-0.05, 0) is 36.4 Å². The van der Waals surface area contributed by atoms with Gasteiger partial charge in [-0.2, -0.15) is 0 Å². The van der Waals surface area contributed by atoms with Crippen LogP contribution in [-0.4, -0.2) is 29.5 Å². The molecular formula is C18H18ClN4O2+. The first-order valence-electron chi connectivity index (χ1n) is 7.86. The third-order valence-electron chi connectivity index (χ3n) is 3.72. The molecule has 3 rings (SSSR count). The summed E-state index contributed by atoms with van der Waals surface area (Å²) in [6, 6.07) is 14.1. The number of likely N-dealkylation sites (N-methyl/N-ethyl adjacent to an activating group) is 1. The Morgan fingerprint density at radius 3 is 2.68 bits per heavy atom. The first-order valence-corrected chi connectivity index (χ1v) is 8.24. The van der Waals surface area contributed by atoms with Crippen LogP contribution >= 0.6 is 11.6 Å². The number of amides is 1. The van der Waals surface area contributed by atoms with Crippen molar-refractivity contribution >= 4 is 34.1 Å². The molecule has 0 aliphatic rings. The normalized spacial score (nSPS) is 12.1. The van der Waals surface area contributed by atoms with Gasteiger partial charge in [-0.25, -0.2) is 4.98 Å². The molecule has 1 aromatic heterocycles. The number of rotatable bonds is 5. The predicted molar refractivity (Wildman–Crippen MR) is 97.9 cm³/mol. The quantitative estimate of drug-likeness (QED) is 0.642. The van der Waals surface area contributed by atoms with E-state index in [-0.39, 0.29) is 18.0 Å². The van der Waals surface area contributed by atoms with E-state index in [1.54, 1.807) is 42.5 Å². The number of fused-ring (bicyclic) bond motifs is 1. The molecule has 0 fully saturated rings. The lowest BCUT2D eigenvalue weighted by atomic mass is 10.2. The number of hydrogen-bond acceptors (Lipinski definition) is 3. The van der Waals surface area contributed by atoms with E-state index in [9.17, 15) is 9.59 Å². The second-order valence-corrected chi connectivity index (χ2v) is 6.33. The highest BCUT2D eigenvalue weighted by atomic mass is 35.5. The molecule has 2 aromatic carbocycles. The molecule has 128 valence electrons. The zero-order valence-corrected chi connectivity index (χ0v) is 14.4. The van der Waals surface area contributed by atoms with Crippen molar-refractivity contribution in [2.45, 2.75) is 6.54 Å². The Kier molecular flexibility index (Phi) is 5.11. The molecule has 7 heteroatoms. The Morgan fingerprint density at radius 2 is 1.92 bits per heavy atom. The van der Waals surface area contributed by atoms with E-state index in [1.807, 2.05) is 13.1 Å². The summed E-state index contributed by atoms with van der Waals surface area (Å²) in [5.74, 6) is 0.434. The Morgan fingerprint density at radius 1 is 1.20 bits per heavy atom. The molecule has 0 aliphatic heterocycles. The van der Waals surface area contributed by atoms with Crippen molar-refractivity contribution in [2.24, 2.45) is 0 Å². The molecule has 3 aromatic rings. The van der Waals surface area contributed by atoms with Crippen LogP contribution in [-0.2, 0) is 11.3 Å². The van der Waals surface area contributed by atoms with Crippen molar-refractivity contribution in [1.82, 2.24) is 9.97 Å². The maximum Gasteiger partial charge on any atom is 0.279 e. The number of H-pyrrole nitrogens is 1. The van der Waals surface area contributed by atoms with Gasteiger partial charge >= 0.3 is 0 Å². The second-order valence-electron chi connectivity index (χ2n) is 5.90. The van der Waals surface area contributed by atoms with E-state index in [0.29, 0.717) is 34.0 Å². The molecule has 0 radical (unpaired) electrons. The lowest BCUT2D eigenvalue weighted by Gasteiger charge is -2.13. The summed E-state index contributed by atoms with van der Waals surface area (Å²) >= 11 is 5.82. The van der Waals surface area contributed by atoms with Gasteiger partial charge < -0.3 is 15.2 Å². The average Bonchev–Trinajstić information content (AvgIpc) is 2.57. The molecule has 3 N–H and O–H groups in total. The lowest BCUT2D eigenvalue weighted by Crippen LogP contribution is -3.08. The number of nitrogens with zero attached hydrogens (tertiary/aromatic N) is 1. The van der Waals surface area contributed by atoms with Crippen LogP contribution in [0.4, 0.5) is 5.69 Å². The summed E-state index contributed by atoms with van der Waals surface area (Å²) in [5.41, 5.74) is 1.18. The summed E-state index contributed by atoms with van der Waals surface area (Å²) in [6.07, 6.45) is 0. The van der Waals surface area contributed by atoms with Crippen molar-refractivity contribution in [3.8, 4) is 0 Å². The zero-order chi connectivity index (χ0) is 17.8. The molecule has 1 heterocycles. The summed E-state index contributed by atoms with van der Waals surface area (Å²) < 4.78 is 0. The maximum atomic E-state index is 12.1. The first-order chi connectivity index (χ1) is 12.0. The topological polar surface area (TPSA) is 79.3 Å². The largest absolute Gasteiger partial charge is 0.323 e. The lowest BCUT2D eigenvalue weighted by molar-refractivity contribution is -0.885. The van der Waals surface area contributed by atoms with Crippen LogP contribution in [0, 0.1) is 0 Å². The molecule has 1 unspecified atom stereocenters. The fourth-order valence-electron chi connectivity index (χ4n) is 2.58. The highest BCUT2D eigenvalue weighted by molar-refractivity contribution is 6.30. The molecular weight excluding hydrogens is 340 g/mol. The summed E-state index contributed by atoms with van der Waals surface area (Å²) in [7, 11) is 1.87. The fourth-order valence-corrected chi connectivity index (χ4v) is 2.71. The van der Waals surface area contributed by atoms with Crippen LogP contribution in [0.3, 0.4) is 0 Å². The zero-order valence-electron chi connectivity index (χ0n) is 13.7. The Hall–Kier alpha value is -2.70. The number of nitrogens with one attached hydrogen (secondary N) is 3. The monoisotopic (exact) mass is 357 g/mol. The van der Waals surface area contributed by atoms with Crippen LogP contribution in [0.2, 0.25) is 5.02 Å². The van der Waals surface area contributed by atoms with Gasteiger partial charge in [-0.1, -0.05) is 23.7 Å². The number of aromatic nitrogens is 2. The van der Waals surface area contributed by atoms with E-state index in [0.717, 1.165) is 4.90 Å². The standard InChI is InChI=1S/C18H17ClN4O2/c1-23(11-17(24)20-13-8-6-12(19)7-9-13)10-16-21-15-5-3-2-4-14(15)18(25)22-16/h2-9H,10-11H2,1H3,(H,20,24)(H,21,22,25)/p+1. The molecule has 6 nitrogen and oxygen atoms in total. The van der Waals surface area contributed by atoms with E-state index in [1.165, 1.54) is 0 Å². The minimum absolute atomic E-state index is 0.122. The average molecular weight is 358 g/mol. The number of benzene rings is 2. The van der Waals surface area contributed by atoms with Crippen LogP contribution in [0.5, 0.6) is 0 Å². The number of halogens is 1. The smallest absolute Gasteiger partial charge is 0.279 e. The van der Waals surface area contributed by atoms with Gasteiger partial charge in [0.15, 0.2) is 12.4 Å². The highest BCUT2D eigenvalue weighted by Crippen LogP contribution is 2.12. The third-order valence-corrected chi connectivity index (χ3v) is 3.97. The highest BCUT2D eigenvalue weighted by Gasteiger charge is 2.13. The number of carbonyl (C=O) groups excluding carboxylic acids is 1. The summed E-state index contributed by atoms with van der Waals surface area (Å²) in [5, 5.41) is 3.99. The summed E-state index contributed by atoms with van der Waals surface area (Å²) in [6.45, 7) is 0.688. The third kappa shape index (κ3) is 4.43. The van der Waals surface area contributed by atoms with E-state index < -0.39 is 0 Å². The van der Waals surface area contributed by atoms with E-state index in [4.69, 9.17) is 11.6 Å². The summed E-state index contributed by atoms with van der Waals surface area (Å²) in [4.78, 5) is 32.3. The van der Waals surface area contributed by atoms with Crippen LogP contribution in [0.15, 0.2) is 53.3 Å². The first kappa shape index (κ1) is 17.1. The molecule has 0 bridgehead atoms. The maximum absolute atomic E-state index is 12.1. The number of aromatic amines is 1. The van der Waals surface area contributed by atoms with E-state index in [2.05, 4.69) is 15.3 Å². The Balaban J connectivity index is 1.64. The molecule has 0 saturated heterocycles. The second kappa shape index (κ2) is 7.46. The predicted octanol–water partition coefficient (Wildman–Crippen LogP) is 1.23. The van der Waals surface area contributed by atoms with Gasteiger partial charge in [0.25, 0.3) is 11.5 Å². The van der Waals surface area contributed by atoms with E-state index >= 15 is 0 Å². The van der Waals surface area contributed by atoms with Crippen LogP contribution in [0.25, 0.3) is 10.9 Å². The van der Waals surface area contributed by atoms with Crippen molar-refractivity contribution < 1.29 is 9.69 Å². The Labute approximate surface area is 149 Å². The molecule has 1 atom stereocenters. The fraction of sp³-hybridized carbons (Fsp3) is 0.167. The van der Waals surface area contributed by atoms with Crippen LogP contribution < -0.4 is 15.8 Å². The van der Waals surface area contributed by atoms with Crippen molar-refractivity contribution in [3.05, 3.63) is 69.7 Å². The molecule has 0 spiro atoms. The molecule has 25 heavy (non-hydrogen) atoms. The number of carbonyl (C=O) groups is 1. The van der Waals surface area contributed by atoms with Gasteiger partial charge in [-0.3, -0.25) is 9.59 Å². The minimum Gasteiger partial charge on any atom is -0.323 e. The number of quaternary nitrogens is 1. The SMILES string of the molecule is C[NH+](CC(=O)Nc1ccc(Cl)cc1)Cc1nc2ccccc2c(=O)[nH]1. The molecule has 0 saturated carbocycles. The number of hydrogen-bond donors (Lipinski definition) is 3. The minimum atomic E-state index is -0.168. The molecule has 1 amide bonds. The van der Waals surface area contributed by atoms with Gasteiger partial charge in [-0.15, -0.1) is 0 Å². The van der Waals surface area contributed by atoms with Crippen LogP contribution in [0.1, 0.15) is 5.82 Å². The molecule has 0 aliphatic carbocycles. The van der Waals surface area contributed by atoms with Gasteiger partial charge in [0.05, 0.1) is 18.0 Å². The van der Waals surface area contributed by atoms with Crippen molar-refractivity contribution in [3.63, 3.8) is 0 Å². The van der Waals surface area contributed by atoms with Gasteiger partial charge in [0.1, 0.15) is 6.54 Å². The Bertz CT molecular complexity index is 953.